The number of carbonyl (C=O) groups excluding carboxylic acids is 1. The number of nitrogens with one attached hydrogen (secondary N) is 1. The van der Waals surface area contributed by atoms with E-state index in [4.69, 9.17) is 16.3 Å². The van der Waals surface area contributed by atoms with Gasteiger partial charge in [0.1, 0.15) is 5.75 Å². The number of amides is 1. The summed E-state index contributed by atoms with van der Waals surface area (Å²) in [6.07, 6.45) is 0. The van der Waals surface area contributed by atoms with E-state index < -0.39 is 5.91 Å². The Bertz CT molecular complexity index is 599. The Labute approximate surface area is 114 Å². The molecule has 1 heterocycles. The largest absolute Gasteiger partial charge is 0.496 e. The van der Waals surface area contributed by atoms with Crippen LogP contribution in [0.15, 0.2) is 18.2 Å². The molecule has 7 nitrogen and oxygen atoms in total. The lowest BCUT2D eigenvalue weighted by Gasteiger charge is -2.07. The lowest BCUT2D eigenvalue weighted by Crippen LogP contribution is -2.14. The van der Waals surface area contributed by atoms with E-state index >= 15 is 0 Å². The Morgan fingerprint density at radius 3 is 2.95 bits per heavy atom. The van der Waals surface area contributed by atoms with Crippen LogP contribution in [0.4, 0.5) is 5.95 Å². The van der Waals surface area contributed by atoms with Crippen molar-refractivity contribution in [2.75, 3.05) is 12.4 Å². The zero-order valence-corrected chi connectivity index (χ0v) is 11.2. The third-order valence-electron chi connectivity index (χ3n) is 2.37. The van der Waals surface area contributed by atoms with Gasteiger partial charge in [-0.25, -0.2) is 0 Å². The fourth-order valence-electron chi connectivity index (χ4n) is 1.45. The number of ether oxygens (including phenoxy) is 1. The predicted molar refractivity (Wildman–Crippen MR) is 69.4 cm³/mol. The van der Waals surface area contributed by atoms with E-state index in [-0.39, 0.29) is 5.95 Å². The van der Waals surface area contributed by atoms with Crippen LogP contribution in [0.1, 0.15) is 17.3 Å². The number of rotatable bonds is 4. The molecule has 1 N–H and O–H groups in total. The molecule has 1 amide bonds. The second-order valence-corrected chi connectivity index (χ2v) is 4.04. The van der Waals surface area contributed by atoms with Crippen molar-refractivity contribution in [3.05, 3.63) is 28.8 Å². The number of anilines is 1. The molecule has 0 atom stereocenters. The summed E-state index contributed by atoms with van der Waals surface area (Å²) < 4.78 is 5.10. The van der Waals surface area contributed by atoms with E-state index in [9.17, 15) is 4.79 Å². The van der Waals surface area contributed by atoms with Crippen molar-refractivity contribution in [3.63, 3.8) is 0 Å². The summed E-state index contributed by atoms with van der Waals surface area (Å²) in [6, 6.07) is 4.77. The average Bonchev–Trinajstić information content (AvgIpc) is 2.86. The monoisotopic (exact) mass is 281 g/mol. The second kappa shape index (κ2) is 5.66. The molecule has 0 fully saturated rings. The number of tetrazole rings is 1. The molecule has 0 aliphatic heterocycles. The zero-order chi connectivity index (χ0) is 13.8. The van der Waals surface area contributed by atoms with E-state index in [1.54, 1.807) is 12.1 Å². The maximum atomic E-state index is 12.1. The number of carbonyl (C=O) groups is 1. The van der Waals surface area contributed by atoms with Crippen LogP contribution in [0.3, 0.4) is 0 Å². The van der Waals surface area contributed by atoms with Crippen LogP contribution >= 0.6 is 11.6 Å². The highest BCUT2D eigenvalue weighted by Crippen LogP contribution is 2.23. The van der Waals surface area contributed by atoms with Crippen LogP contribution in [-0.4, -0.2) is 33.2 Å². The first-order chi connectivity index (χ1) is 9.13. The van der Waals surface area contributed by atoms with Gasteiger partial charge in [0.05, 0.1) is 19.2 Å². The SMILES string of the molecule is CCn1nnc(NC(=O)c2cc(Cl)ccc2OC)n1. The van der Waals surface area contributed by atoms with E-state index in [1.165, 1.54) is 18.0 Å². The predicted octanol–water partition coefficient (Wildman–Crippen LogP) is 1.61. The molecule has 0 radical (unpaired) electrons. The number of aromatic nitrogens is 4. The number of nitrogens with zero attached hydrogens (tertiary/aromatic N) is 4. The van der Waals surface area contributed by atoms with Crippen molar-refractivity contribution >= 4 is 23.5 Å². The quantitative estimate of drug-likeness (QED) is 0.920. The minimum Gasteiger partial charge on any atom is -0.496 e. The topological polar surface area (TPSA) is 81.9 Å². The Balaban J connectivity index is 2.21. The van der Waals surface area contributed by atoms with Crippen LogP contribution in [0.2, 0.25) is 5.02 Å². The summed E-state index contributed by atoms with van der Waals surface area (Å²) >= 11 is 5.86. The normalized spacial score (nSPS) is 10.3. The molecule has 0 aliphatic carbocycles. The van der Waals surface area contributed by atoms with Crippen molar-refractivity contribution in [3.8, 4) is 5.75 Å². The molecule has 1 aromatic heterocycles. The van der Waals surface area contributed by atoms with E-state index in [2.05, 4.69) is 20.7 Å². The van der Waals surface area contributed by atoms with E-state index in [0.29, 0.717) is 22.9 Å². The number of methoxy groups -OCH3 is 1. The summed E-state index contributed by atoms with van der Waals surface area (Å²) in [5.41, 5.74) is 0.308. The summed E-state index contributed by atoms with van der Waals surface area (Å²) in [5, 5.41) is 14.4. The van der Waals surface area contributed by atoms with Gasteiger partial charge in [-0.2, -0.15) is 4.80 Å². The molecule has 0 saturated carbocycles. The molecule has 2 rings (SSSR count). The third-order valence-corrected chi connectivity index (χ3v) is 2.60. The molecule has 0 bridgehead atoms. The highest BCUT2D eigenvalue weighted by molar-refractivity contribution is 6.31. The van der Waals surface area contributed by atoms with Crippen LogP contribution in [0, 0.1) is 0 Å². The maximum Gasteiger partial charge on any atom is 0.270 e. The van der Waals surface area contributed by atoms with E-state index in [0.717, 1.165) is 0 Å². The van der Waals surface area contributed by atoms with Crippen molar-refractivity contribution < 1.29 is 9.53 Å². The molecule has 0 unspecified atom stereocenters. The molecule has 19 heavy (non-hydrogen) atoms. The Morgan fingerprint density at radius 1 is 1.53 bits per heavy atom. The average molecular weight is 282 g/mol. The summed E-state index contributed by atoms with van der Waals surface area (Å²) in [4.78, 5) is 13.4. The van der Waals surface area contributed by atoms with Gasteiger partial charge in [0.2, 0.25) is 0 Å². The summed E-state index contributed by atoms with van der Waals surface area (Å²) in [6.45, 7) is 2.44. The van der Waals surface area contributed by atoms with Gasteiger partial charge in [-0.15, -0.1) is 5.10 Å². The van der Waals surface area contributed by atoms with Gasteiger partial charge in [0, 0.05) is 5.02 Å². The Kier molecular flexibility index (Phi) is 3.96. The molecule has 0 spiro atoms. The standard InChI is InChI=1S/C11H12ClN5O2/c1-3-17-15-11(14-16-17)13-10(18)8-6-7(12)4-5-9(8)19-2/h4-6H,3H2,1-2H3,(H,13,15,18). The smallest absolute Gasteiger partial charge is 0.270 e. The van der Waals surface area contributed by atoms with Crippen LogP contribution in [0.5, 0.6) is 5.75 Å². The number of hydrogen-bond acceptors (Lipinski definition) is 5. The highest BCUT2D eigenvalue weighted by Gasteiger charge is 2.15. The summed E-state index contributed by atoms with van der Waals surface area (Å²) in [5.74, 6) is 0.147. The van der Waals surface area contributed by atoms with Gasteiger partial charge >= 0.3 is 0 Å². The van der Waals surface area contributed by atoms with Gasteiger partial charge in [-0.3, -0.25) is 10.1 Å². The molecule has 8 heteroatoms. The van der Waals surface area contributed by atoms with Crippen molar-refractivity contribution in [1.82, 2.24) is 20.2 Å². The van der Waals surface area contributed by atoms with Crippen molar-refractivity contribution in [2.45, 2.75) is 13.5 Å². The number of benzene rings is 1. The molecule has 1 aromatic carbocycles. The van der Waals surface area contributed by atoms with Gasteiger partial charge < -0.3 is 4.74 Å². The first-order valence-corrected chi connectivity index (χ1v) is 5.94. The maximum absolute atomic E-state index is 12.1. The van der Waals surface area contributed by atoms with Crippen LogP contribution in [-0.2, 0) is 6.54 Å². The second-order valence-electron chi connectivity index (χ2n) is 3.60. The Hall–Kier alpha value is -2.15. The van der Waals surface area contributed by atoms with Crippen molar-refractivity contribution in [1.29, 1.82) is 0 Å². The molecule has 0 saturated heterocycles. The molecule has 0 aliphatic rings. The Morgan fingerprint density at radius 2 is 2.32 bits per heavy atom. The first kappa shape index (κ1) is 13.3. The summed E-state index contributed by atoms with van der Waals surface area (Å²) in [7, 11) is 1.48. The van der Waals surface area contributed by atoms with Gasteiger partial charge in [0.25, 0.3) is 11.9 Å². The van der Waals surface area contributed by atoms with Gasteiger partial charge in [0.15, 0.2) is 0 Å². The fourth-order valence-corrected chi connectivity index (χ4v) is 1.63. The van der Waals surface area contributed by atoms with Crippen molar-refractivity contribution in [2.24, 2.45) is 0 Å². The third kappa shape index (κ3) is 3.00. The fraction of sp³-hybridized carbons (Fsp3) is 0.273. The minimum atomic E-state index is -0.407. The van der Waals surface area contributed by atoms with E-state index in [1.807, 2.05) is 6.92 Å². The molecule has 2 aromatic rings. The minimum absolute atomic E-state index is 0.133. The highest BCUT2D eigenvalue weighted by atomic mass is 35.5. The molecular weight excluding hydrogens is 270 g/mol. The first-order valence-electron chi connectivity index (χ1n) is 5.56. The zero-order valence-electron chi connectivity index (χ0n) is 10.4. The van der Waals surface area contributed by atoms with Gasteiger partial charge in [-0.1, -0.05) is 16.7 Å². The number of halogens is 1. The lowest BCUT2D eigenvalue weighted by atomic mass is 10.2. The molecular formula is C11H12ClN5O2. The molecule has 100 valence electrons. The van der Waals surface area contributed by atoms with Crippen LogP contribution in [0.25, 0.3) is 0 Å². The number of aryl methyl sites for hydroxylation is 1. The number of hydrogen-bond donors (Lipinski definition) is 1. The van der Waals surface area contributed by atoms with Crippen LogP contribution < -0.4 is 10.1 Å². The van der Waals surface area contributed by atoms with Gasteiger partial charge in [-0.05, 0) is 30.3 Å². The lowest BCUT2D eigenvalue weighted by molar-refractivity contribution is 0.102.